The number of anilines is 2. The van der Waals surface area contributed by atoms with Crippen LogP contribution in [-0.2, 0) is 9.47 Å². The Morgan fingerprint density at radius 2 is 1.85 bits per heavy atom. The lowest BCUT2D eigenvalue weighted by Crippen LogP contribution is -2.46. The van der Waals surface area contributed by atoms with Crippen molar-refractivity contribution in [2.24, 2.45) is 0 Å². The number of amides is 2. The van der Waals surface area contributed by atoms with E-state index in [0.717, 1.165) is 0 Å². The molecule has 2 rings (SSSR count). The van der Waals surface area contributed by atoms with Crippen molar-refractivity contribution in [1.29, 1.82) is 5.26 Å². The molecule has 0 spiro atoms. The zero-order chi connectivity index (χ0) is 25.8. The Balaban J connectivity index is 2.44. The molecule has 9 nitrogen and oxygen atoms in total. The van der Waals surface area contributed by atoms with Gasteiger partial charge in [0.25, 0.3) is 0 Å². The first-order valence-corrected chi connectivity index (χ1v) is 13.9. The Hall–Kier alpha value is -2.84. The van der Waals surface area contributed by atoms with Gasteiger partial charge in [0.1, 0.15) is 36.9 Å². The van der Waals surface area contributed by atoms with Crippen LogP contribution >= 0.6 is 11.6 Å². The first-order valence-electron chi connectivity index (χ1n) is 10.5. The van der Waals surface area contributed by atoms with Crippen LogP contribution in [0.25, 0.3) is 0 Å². The zero-order valence-electron chi connectivity index (χ0n) is 20.7. The van der Waals surface area contributed by atoms with Crippen molar-refractivity contribution in [3.05, 3.63) is 46.2 Å². The molecular formula is C23H30ClN5O4Si. The van der Waals surface area contributed by atoms with Gasteiger partial charge in [-0.2, -0.15) is 5.26 Å². The molecule has 0 atom stereocenters. The normalized spacial score (nSPS) is 11.8. The number of nitrogens with zero attached hydrogens (tertiary/aromatic N) is 4. The number of aromatic nitrogens is 2. The van der Waals surface area contributed by atoms with E-state index in [9.17, 15) is 9.59 Å². The minimum absolute atomic E-state index is 0.0247. The highest BCUT2D eigenvalue weighted by Gasteiger charge is 2.44. The van der Waals surface area contributed by atoms with Gasteiger partial charge in [-0.05, 0) is 17.2 Å². The summed E-state index contributed by atoms with van der Waals surface area (Å²) in [5.74, 6) is 0.454. The Kier molecular flexibility index (Phi) is 8.55. The van der Waals surface area contributed by atoms with Crippen molar-refractivity contribution in [2.45, 2.75) is 45.2 Å². The third-order valence-corrected chi connectivity index (χ3v) is 11.6. The van der Waals surface area contributed by atoms with Crippen LogP contribution in [0.4, 0.5) is 16.4 Å². The van der Waals surface area contributed by atoms with Crippen LogP contribution in [0.2, 0.25) is 23.2 Å². The second-order valence-electron chi connectivity index (χ2n) is 9.26. The molecule has 34 heavy (non-hydrogen) atoms. The molecule has 182 valence electrons. The Morgan fingerprint density at radius 3 is 2.35 bits per heavy atom. The van der Waals surface area contributed by atoms with Gasteiger partial charge in [-0.15, -0.1) is 0 Å². The fourth-order valence-electron chi connectivity index (χ4n) is 2.90. The van der Waals surface area contributed by atoms with E-state index in [4.69, 9.17) is 26.3 Å². The SMILES string of the molecule is COC(OC)c1nc(N(C)C(=O)Nc2cc(Cl)c(C#N)cn2)ccc1C(=O)[Si](C)(C)C(C)(C)C. The van der Waals surface area contributed by atoms with Crippen molar-refractivity contribution in [2.75, 3.05) is 31.5 Å². The van der Waals surface area contributed by atoms with Crippen LogP contribution in [-0.4, -0.2) is 50.7 Å². The van der Waals surface area contributed by atoms with E-state index in [-0.39, 0.29) is 32.7 Å². The number of pyridine rings is 2. The van der Waals surface area contributed by atoms with Crippen LogP contribution in [0.3, 0.4) is 0 Å². The molecule has 2 amide bonds. The third kappa shape index (κ3) is 5.62. The van der Waals surface area contributed by atoms with Crippen molar-refractivity contribution >= 4 is 42.7 Å². The average Bonchev–Trinajstić information content (AvgIpc) is 2.78. The largest absolute Gasteiger partial charge is 0.350 e. The minimum atomic E-state index is -2.41. The van der Waals surface area contributed by atoms with Gasteiger partial charge in [-0.3, -0.25) is 15.0 Å². The number of nitriles is 1. The van der Waals surface area contributed by atoms with Gasteiger partial charge in [-0.25, -0.2) is 14.8 Å². The van der Waals surface area contributed by atoms with E-state index in [2.05, 4.69) is 36.1 Å². The van der Waals surface area contributed by atoms with Crippen LogP contribution in [0.5, 0.6) is 0 Å². The van der Waals surface area contributed by atoms with Gasteiger partial charge in [0.2, 0.25) is 6.29 Å². The molecule has 0 saturated carbocycles. The number of halogens is 1. The maximum absolute atomic E-state index is 13.6. The summed E-state index contributed by atoms with van der Waals surface area (Å²) in [6.07, 6.45) is 0.385. The summed E-state index contributed by atoms with van der Waals surface area (Å²) < 4.78 is 10.8. The summed E-state index contributed by atoms with van der Waals surface area (Å²) in [5, 5.41) is 11.6. The van der Waals surface area contributed by atoms with E-state index in [1.807, 2.05) is 19.2 Å². The number of methoxy groups -OCH3 is 2. The number of nitrogens with one attached hydrogen (secondary N) is 1. The summed E-state index contributed by atoms with van der Waals surface area (Å²) in [6, 6.07) is 6.02. The average molecular weight is 504 g/mol. The highest BCUT2D eigenvalue weighted by Crippen LogP contribution is 2.39. The fourth-order valence-corrected chi connectivity index (χ4v) is 4.66. The number of urea groups is 1. The van der Waals surface area contributed by atoms with E-state index < -0.39 is 20.4 Å². The molecule has 0 aliphatic carbocycles. The van der Waals surface area contributed by atoms with Gasteiger partial charge in [-0.1, -0.05) is 45.5 Å². The lowest BCUT2D eigenvalue weighted by atomic mass is 10.2. The van der Waals surface area contributed by atoms with Crippen molar-refractivity contribution in [3.8, 4) is 6.07 Å². The number of ether oxygens (including phenoxy) is 2. The van der Waals surface area contributed by atoms with E-state index in [0.29, 0.717) is 11.3 Å². The molecule has 11 heteroatoms. The van der Waals surface area contributed by atoms with Crippen LogP contribution < -0.4 is 10.2 Å². The molecule has 2 aromatic heterocycles. The van der Waals surface area contributed by atoms with E-state index in [1.54, 1.807) is 12.1 Å². The van der Waals surface area contributed by atoms with Crippen LogP contribution in [0.15, 0.2) is 24.4 Å². The highest BCUT2D eigenvalue weighted by atomic mass is 35.5. The summed E-state index contributed by atoms with van der Waals surface area (Å²) in [5.41, 5.74) is 0.918. The van der Waals surface area contributed by atoms with Gasteiger partial charge in [0, 0.05) is 39.1 Å². The first kappa shape index (κ1) is 27.4. The second kappa shape index (κ2) is 10.6. The highest BCUT2D eigenvalue weighted by molar-refractivity contribution is 7.08. The standard InChI is InChI=1S/C23H30ClN5O4Si/c1-23(2,3)34(7,8)20(30)15-9-10-18(28-19(15)21(32-5)33-6)29(4)22(31)27-17-11-16(24)14(12-25)13-26-17/h9-11,13,21H,1-8H3,(H,26,27,31). The molecule has 0 unspecified atom stereocenters. The maximum Gasteiger partial charge on any atom is 0.328 e. The van der Waals surface area contributed by atoms with E-state index in [1.165, 1.54) is 38.4 Å². The molecule has 0 aliphatic rings. The van der Waals surface area contributed by atoms with Crippen molar-refractivity contribution in [1.82, 2.24) is 9.97 Å². The number of rotatable bonds is 7. The number of hydrogen-bond donors (Lipinski definition) is 1. The molecule has 0 aliphatic heterocycles. The molecule has 0 aromatic carbocycles. The summed E-state index contributed by atoms with van der Waals surface area (Å²) >= 11 is 6.02. The number of carbonyl (C=O) groups is 2. The van der Waals surface area contributed by atoms with Crippen LogP contribution in [0, 0.1) is 11.3 Å². The molecule has 1 N–H and O–H groups in total. The van der Waals surface area contributed by atoms with Gasteiger partial charge in [0.15, 0.2) is 0 Å². The Labute approximate surface area is 206 Å². The van der Waals surface area contributed by atoms with Crippen LogP contribution in [0.1, 0.15) is 48.7 Å². The predicted octanol–water partition coefficient (Wildman–Crippen LogP) is 5.19. The van der Waals surface area contributed by atoms with Crippen molar-refractivity contribution in [3.63, 3.8) is 0 Å². The Morgan fingerprint density at radius 1 is 1.24 bits per heavy atom. The lowest BCUT2D eigenvalue weighted by Gasteiger charge is -2.35. The third-order valence-electron chi connectivity index (χ3n) is 6.11. The molecule has 2 aromatic rings. The molecule has 0 saturated heterocycles. The molecule has 0 fully saturated rings. The predicted molar refractivity (Wildman–Crippen MR) is 134 cm³/mol. The topological polar surface area (TPSA) is 117 Å². The molecule has 0 bridgehead atoms. The summed E-state index contributed by atoms with van der Waals surface area (Å²) in [7, 11) is 2.03. The number of carbonyl (C=O) groups excluding carboxylic acids is 2. The monoisotopic (exact) mass is 503 g/mol. The molecule has 0 radical (unpaired) electrons. The summed E-state index contributed by atoms with van der Waals surface area (Å²) in [6.45, 7) is 10.2. The lowest BCUT2D eigenvalue weighted by molar-refractivity contribution is -0.108. The van der Waals surface area contributed by atoms with Gasteiger partial charge >= 0.3 is 6.03 Å². The second-order valence-corrected chi connectivity index (χ2v) is 14.9. The quantitative estimate of drug-likeness (QED) is 0.408. The molecule has 2 heterocycles. The Bertz CT molecular complexity index is 1120. The van der Waals surface area contributed by atoms with Gasteiger partial charge in [0.05, 0.1) is 10.6 Å². The van der Waals surface area contributed by atoms with E-state index >= 15 is 0 Å². The van der Waals surface area contributed by atoms with Crippen molar-refractivity contribution < 1.29 is 19.1 Å². The summed E-state index contributed by atoms with van der Waals surface area (Å²) in [4.78, 5) is 36.2. The minimum Gasteiger partial charge on any atom is -0.350 e. The molecular weight excluding hydrogens is 474 g/mol. The fraction of sp³-hybridized carbons (Fsp3) is 0.435. The zero-order valence-corrected chi connectivity index (χ0v) is 22.4. The first-order chi connectivity index (χ1) is 15.8. The van der Waals surface area contributed by atoms with Gasteiger partial charge < -0.3 is 9.47 Å². The maximum atomic E-state index is 13.6. The smallest absolute Gasteiger partial charge is 0.328 e. The number of hydrogen-bond acceptors (Lipinski definition) is 7.